The summed E-state index contributed by atoms with van der Waals surface area (Å²) in [6.07, 6.45) is -28.1. The van der Waals surface area contributed by atoms with Gasteiger partial charge in [0.2, 0.25) is 5.91 Å². The molecule has 3 heterocycles. The van der Waals surface area contributed by atoms with E-state index in [1.807, 2.05) is 0 Å². The zero-order valence-corrected chi connectivity index (χ0v) is 24.6. The number of hydrogen-bond donors (Lipinski definition) is 12. The summed E-state index contributed by atoms with van der Waals surface area (Å²) < 4.78 is 32.1. The molecule has 16 atom stereocenters. The number of aliphatic carboxylic acids is 1. The Bertz CT molecular complexity index is 1050. The molecule has 0 aliphatic carbocycles. The zero-order valence-electron chi connectivity index (χ0n) is 24.6. The molecule has 3 fully saturated rings. The fourth-order valence-electron chi connectivity index (χ4n) is 5.46. The smallest absolute Gasteiger partial charge is 0.364 e. The summed E-state index contributed by atoms with van der Waals surface area (Å²) in [5, 5.41) is 116. The number of carboxylic acids is 1. The molecule has 0 radical (unpaired) electrons. The molecule has 3 saturated heterocycles. The average Bonchev–Trinajstić information content (AvgIpc) is 2.99. The standard InChI is InChI=1S/C25H41NO20/c1-7(30)26-13-9(32)3-25(24(39)40,45-18(13)14(34)10(33)4-27)46-19-15(35)12(6-29)43-23(17(19)37)44-20-16(36)11(5-28)42-22(38)21(20)41-8(2)31/h9-23,27-29,32-38H,3-6H2,1-2H3,(H,26,30)(H,39,40)/t9-,10+,11+,12+,13-,14+,15-,16-,17+,18+,19-,20-,21+,22+,23-,25-/m0/s1. The number of carboxylic acid groups (broad SMARTS) is 1. The Morgan fingerprint density at radius 3 is 2.00 bits per heavy atom. The highest BCUT2D eigenvalue weighted by Crippen LogP contribution is 2.38. The van der Waals surface area contributed by atoms with E-state index in [0.717, 1.165) is 13.8 Å². The molecule has 0 saturated carbocycles. The van der Waals surface area contributed by atoms with Crippen LogP contribution in [0.15, 0.2) is 0 Å². The maximum atomic E-state index is 12.6. The minimum absolute atomic E-state index is 0.760. The highest BCUT2D eigenvalue weighted by Gasteiger charge is 2.60. The van der Waals surface area contributed by atoms with E-state index in [4.69, 9.17) is 28.4 Å². The Labute approximate surface area is 260 Å². The lowest BCUT2D eigenvalue weighted by atomic mass is 9.88. The molecule has 0 aromatic rings. The van der Waals surface area contributed by atoms with Crippen LogP contribution in [-0.2, 0) is 42.8 Å². The normalized spacial score (nSPS) is 42.9. The van der Waals surface area contributed by atoms with Crippen LogP contribution in [0, 0.1) is 0 Å². The maximum absolute atomic E-state index is 12.6. The molecule has 3 rings (SSSR count). The molecule has 0 aromatic carbocycles. The zero-order chi connectivity index (χ0) is 34.7. The van der Waals surface area contributed by atoms with Crippen LogP contribution in [-0.4, -0.2) is 191 Å². The summed E-state index contributed by atoms with van der Waals surface area (Å²) in [7, 11) is 0. The first-order chi connectivity index (χ1) is 21.5. The van der Waals surface area contributed by atoms with E-state index in [1.54, 1.807) is 0 Å². The second-order valence-electron chi connectivity index (χ2n) is 11.1. The second-order valence-corrected chi connectivity index (χ2v) is 11.1. The predicted molar refractivity (Wildman–Crippen MR) is 140 cm³/mol. The summed E-state index contributed by atoms with van der Waals surface area (Å²) in [6.45, 7) is -0.941. The topological polar surface area (TPSA) is 341 Å². The number of carbonyl (C=O) groups is 3. The maximum Gasteiger partial charge on any atom is 0.364 e. The van der Waals surface area contributed by atoms with Crippen molar-refractivity contribution in [2.24, 2.45) is 0 Å². The van der Waals surface area contributed by atoms with E-state index in [2.05, 4.69) is 5.32 Å². The molecule has 0 aromatic heterocycles. The van der Waals surface area contributed by atoms with E-state index in [1.165, 1.54) is 0 Å². The SMILES string of the molecule is CC(=O)N[C@@H]1[C@H]([C@H](O)[C@H](O)CO)O[C@@](O[C@H]2[C@@H](O)[C@@H](CO)O[C@@H](O[C@H]3[C@@H](O)[C@@H](CO)O[C@@H](O)[C@@H]3OC(C)=O)[C@@H]2O)(C(=O)O)C[C@@H]1O. The lowest BCUT2D eigenvalue weighted by Gasteiger charge is -2.50. The molecule has 46 heavy (non-hydrogen) atoms. The van der Waals surface area contributed by atoms with Gasteiger partial charge in [-0.1, -0.05) is 0 Å². The fraction of sp³-hybridized carbons (Fsp3) is 0.880. The Hall–Kier alpha value is -2.19. The van der Waals surface area contributed by atoms with Crippen LogP contribution in [0.2, 0.25) is 0 Å². The molecular formula is C25H41NO20. The summed E-state index contributed by atoms with van der Waals surface area (Å²) in [5.41, 5.74) is 0. The van der Waals surface area contributed by atoms with Gasteiger partial charge in [-0.3, -0.25) is 9.59 Å². The molecule has 266 valence electrons. The van der Waals surface area contributed by atoms with Gasteiger partial charge in [0.25, 0.3) is 5.79 Å². The van der Waals surface area contributed by atoms with Crippen molar-refractivity contribution in [3.05, 3.63) is 0 Å². The number of carbonyl (C=O) groups excluding carboxylic acids is 2. The molecule has 3 aliphatic heterocycles. The molecule has 0 bridgehead atoms. The number of ether oxygens (including phenoxy) is 6. The Morgan fingerprint density at radius 1 is 0.891 bits per heavy atom. The quantitative estimate of drug-likeness (QED) is 0.0854. The lowest BCUT2D eigenvalue weighted by Crippen LogP contribution is -2.71. The van der Waals surface area contributed by atoms with Crippen molar-refractivity contribution in [2.45, 2.75) is 118 Å². The van der Waals surface area contributed by atoms with Crippen molar-refractivity contribution in [1.29, 1.82) is 0 Å². The summed E-state index contributed by atoms with van der Waals surface area (Å²) in [5.74, 6) is -6.77. The van der Waals surface area contributed by atoms with Crippen LogP contribution >= 0.6 is 0 Å². The van der Waals surface area contributed by atoms with Crippen LogP contribution in [0.4, 0.5) is 0 Å². The number of esters is 1. The van der Waals surface area contributed by atoms with Crippen molar-refractivity contribution in [3.8, 4) is 0 Å². The third-order valence-electron chi connectivity index (χ3n) is 7.74. The number of rotatable bonds is 12. The van der Waals surface area contributed by atoms with Gasteiger partial charge in [-0.15, -0.1) is 0 Å². The highest BCUT2D eigenvalue weighted by molar-refractivity contribution is 5.76. The first-order valence-corrected chi connectivity index (χ1v) is 14.1. The number of amides is 1. The first-order valence-electron chi connectivity index (χ1n) is 14.1. The second kappa shape index (κ2) is 15.8. The van der Waals surface area contributed by atoms with Crippen LogP contribution in [0.5, 0.6) is 0 Å². The van der Waals surface area contributed by atoms with Gasteiger partial charge in [0.1, 0.15) is 61.0 Å². The van der Waals surface area contributed by atoms with Gasteiger partial charge in [0, 0.05) is 20.3 Å². The van der Waals surface area contributed by atoms with E-state index < -0.39 is 142 Å². The van der Waals surface area contributed by atoms with Gasteiger partial charge in [-0.2, -0.15) is 0 Å². The van der Waals surface area contributed by atoms with Crippen LogP contribution in [0.25, 0.3) is 0 Å². The van der Waals surface area contributed by atoms with Crippen LogP contribution < -0.4 is 5.32 Å². The average molecular weight is 676 g/mol. The Balaban J connectivity index is 1.98. The number of nitrogens with one attached hydrogen (secondary N) is 1. The summed E-state index contributed by atoms with van der Waals surface area (Å²) >= 11 is 0. The van der Waals surface area contributed by atoms with Crippen LogP contribution in [0.1, 0.15) is 20.3 Å². The van der Waals surface area contributed by atoms with Crippen molar-refractivity contribution >= 4 is 17.8 Å². The van der Waals surface area contributed by atoms with Gasteiger partial charge in [0.15, 0.2) is 18.7 Å². The Kier molecular flexibility index (Phi) is 13.1. The van der Waals surface area contributed by atoms with Crippen molar-refractivity contribution < 1.29 is 99.0 Å². The van der Waals surface area contributed by atoms with Gasteiger partial charge < -0.3 is 89.9 Å². The molecule has 12 N–H and O–H groups in total. The van der Waals surface area contributed by atoms with Crippen molar-refractivity contribution in [3.63, 3.8) is 0 Å². The van der Waals surface area contributed by atoms with Crippen LogP contribution in [0.3, 0.4) is 0 Å². The highest BCUT2D eigenvalue weighted by atomic mass is 16.8. The first kappa shape index (κ1) is 38.3. The minimum atomic E-state index is -3.06. The van der Waals surface area contributed by atoms with E-state index in [9.17, 15) is 70.6 Å². The summed E-state index contributed by atoms with van der Waals surface area (Å²) in [6, 6.07) is -1.56. The van der Waals surface area contributed by atoms with Crippen molar-refractivity contribution in [2.75, 3.05) is 19.8 Å². The molecular weight excluding hydrogens is 634 g/mol. The van der Waals surface area contributed by atoms with Gasteiger partial charge in [0.05, 0.1) is 32.0 Å². The van der Waals surface area contributed by atoms with Gasteiger partial charge in [-0.05, 0) is 0 Å². The number of aliphatic hydroxyl groups is 10. The predicted octanol–water partition coefficient (Wildman–Crippen LogP) is -7.65. The third-order valence-corrected chi connectivity index (χ3v) is 7.74. The van der Waals surface area contributed by atoms with Gasteiger partial charge in [-0.25, -0.2) is 4.79 Å². The molecule has 21 nitrogen and oxygen atoms in total. The van der Waals surface area contributed by atoms with E-state index in [0.29, 0.717) is 0 Å². The van der Waals surface area contributed by atoms with E-state index in [-0.39, 0.29) is 0 Å². The monoisotopic (exact) mass is 675 g/mol. The Morgan fingerprint density at radius 2 is 1.48 bits per heavy atom. The molecule has 3 aliphatic rings. The molecule has 0 unspecified atom stereocenters. The number of aliphatic hydroxyl groups excluding tert-OH is 10. The number of hydrogen-bond acceptors (Lipinski definition) is 19. The van der Waals surface area contributed by atoms with Gasteiger partial charge >= 0.3 is 11.9 Å². The lowest BCUT2D eigenvalue weighted by molar-refractivity contribution is -0.385. The third kappa shape index (κ3) is 8.08. The molecule has 21 heteroatoms. The summed E-state index contributed by atoms with van der Waals surface area (Å²) in [4.78, 5) is 36.1. The minimum Gasteiger partial charge on any atom is -0.477 e. The largest absolute Gasteiger partial charge is 0.477 e. The molecule has 0 spiro atoms. The van der Waals surface area contributed by atoms with E-state index >= 15 is 0 Å². The fourth-order valence-corrected chi connectivity index (χ4v) is 5.46. The molecule has 1 amide bonds. The van der Waals surface area contributed by atoms with Crippen molar-refractivity contribution in [1.82, 2.24) is 5.32 Å².